The molecule has 0 aromatic heterocycles. The lowest BCUT2D eigenvalue weighted by Gasteiger charge is -2.44. The van der Waals surface area contributed by atoms with E-state index in [0.717, 1.165) is 18.8 Å². The topological polar surface area (TPSA) is 49.8 Å². The van der Waals surface area contributed by atoms with Crippen LogP contribution in [-0.2, 0) is 11.3 Å². The lowest BCUT2D eigenvalue weighted by molar-refractivity contribution is -0.127. The molecule has 1 N–H and O–H groups in total. The van der Waals surface area contributed by atoms with E-state index in [1.807, 2.05) is 6.07 Å². The van der Waals surface area contributed by atoms with Gasteiger partial charge in [0.1, 0.15) is 11.5 Å². The second kappa shape index (κ2) is 5.43. The molecule has 2 aliphatic rings. The zero-order valence-electron chi connectivity index (χ0n) is 12.8. The van der Waals surface area contributed by atoms with Crippen LogP contribution in [0.5, 0.6) is 5.75 Å². The smallest absolute Gasteiger partial charge is 0.133 e. The molecule has 0 amide bonds. The summed E-state index contributed by atoms with van der Waals surface area (Å²) in [6.45, 7) is 1.71. The molecule has 1 fully saturated rings. The van der Waals surface area contributed by atoms with Crippen LogP contribution >= 0.6 is 0 Å². The Morgan fingerprint density at radius 2 is 2.05 bits per heavy atom. The van der Waals surface area contributed by atoms with E-state index in [1.165, 1.54) is 11.1 Å². The Hall–Kier alpha value is -1.39. The fourth-order valence-corrected chi connectivity index (χ4v) is 3.72. The van der Waals surface area contributed by atoms with Gasteiger partial charge < -0.3 is 14.7 Å². The van der Waals surface area contributed by atoms with Gasteiger partial charge in [-0.1, -0.05) is 6.07 Å². The number of hydrogen-bond acceptors (Lipinski definition) is 4. The van der Waals surface area contributed by atoms with Gasteiger partial charge in [-0.05, 0) is 43.1 Å². The molecular weight excluding hydrogens is 266 g/mol. The van der Waals surface area contributed by atoms with Gasteiger partial charge in [-0.3, -0.25) is 4.79 Å². The molecule has 0 spiro atoms. The number of methoxy groups -OCH3 is 1. The number of fused-ring (bicyclic) bond motifs is 1. The van der Waals surface area contributed by atoms with Crippen LogP contribution in [0.3, 0.4) is 0 Å². The largest absolute Gasteiger partial charge is 0.497 e. The van der Waals surface area contributed by atoms with Gasteiger partial charge in [0.15, 0.2) is 0 Å². The summed E-state index contributed by atoms with van der Waals surface area (Å²) in [4.78, 5) is 13.7. The van der Waals surface area contributed by atoms with Crippen molar-refractivity contribution in [2.75, 3.05) is 20.7 Å². The first-order valence-corrected chi connectivity index (χ1v) is 7.61. The van der Waals surface area contributed by atoms with Crippen LogP contribution in [0, 0.1) is 0 Å². The van der Waals surface area contributed by atoms with Gasteiger partial charge in [0.05, 0.1) is 12.7 Å². The average molecular weight is 289 g/mol. The summed E-state index contributed by atoms with van der Waals surface area (Å²) in [5, 5.41) is 11.1. The summed E-state index contributed by atoms with van der Waals surface area (Å²) in [6.07, 6.45) is 2.16. The van der Waals surface area contributed by atoms with Crippen LogP contribution in [0.25, 0.3) is 0 Å². The maximum atomic E-state index is 11.5. The average Bonchev–Trinajstić information content (AvgIpc) is 2.49. The molecule has 0 bridgehead atoms. The fourth-order valence-electron chi connectivity index (χ4n) is 3.72. The zero-order valence-corrected chi connectivity index (χ0v) is 12.8. The summed E-state index contributed by atoms with van der Waals surface area (Å²) in [6, 6.07) is 6.12. The molecule has 1 heterocycles. The maximum Gasteiger partial charge on any atom is 0.133 e. The van der Waals surface area contributed by atoms with E-state index < -0.39 is 5.60 Å². The summed E-state index contributed by atoms with van der Waals surface area (Å²) in [7, 11) is 3.75. The standard InChI is InChI=1S/C17H23NO3/c1-18-10-12-9-14(21-2)3-4-15(12)16(11-18)17(20)7-5-13(19)6-8-17/h3-4,9,16,20H,5-8,10-11H2,1-2H3. The molecule has 4 nitrogen and oxygen atoms in total. The van der Waals surface area contributed by atoms with Crippen molar-refractivity contribution in [3.8, 4) is 5.75 Å². The van der Waals surface area contributed by atoms with Crippen molar-refractivity contribution in [1.29, 1.82) is 0 Å². The van der Waals surface area contributed by atoms with E-state index in [0.29, 0.717) is 25.7 Å². The number of benzene rings is 1. The second-order valence-corrected chi connectivity index (χ2v) is 6.46. The SMILES string of the molecule is COc1ccc2c(c1)CN(C)CC2C1(O)CCC(=O)CC1. The first-order chi connectivity index (χ1) is 10.0. The zero-order chi connectivity index (χ0) is 15.0. The van der Waals surface area contributed by atoms with Crippen LogP contribution in [0.1, 0.15) is 42.7 Å². The van der Waals surface area contributed by atoms with Crippen LogP contribution in [0.4, 0.5) is 0 Å². The number of likely N-dealkylation sites (N-methyl/N-ethyl adjacent to an activating group) is 1. The number of hydrogen-bond donors (Lipinski definition) is 1. The lowest BCUT2D eigenvalue weighted by atomic mass is 9.70. The molecule has 0 radical (unpaired) electrons. The van der Waals surface area contributed by atoms with Crippen LogP contribution < -0.4 is 4.74 Å². The van der Waals surface area contributed by atoms with Gasteiger partial charge >= 0.3 is 0 Å². The highest BCUT2D eigenvalue weighted by Gasteiger charge is 2.43. The monoisotopic (exact) mass is 289 g/mol. The highest BCUT2D eigenvalue weighted by molar-refractivity contribution is 5.79. The van der Waals surface area contributed by atoms with Gasteiger partial charge in [0.2, 0.25) is 0 Å². The molecule has 1 unspecified atom stereocenters. The van der Waals surface area contributed by atoms with Crippen molar-refractivity contribution in [1.82, 2.24) is 4.90 Å². The Kier molecular flexibility index (Phi) is 3.76. The second-order valence-electron chi connectivity index (χ2n) is 6.46. The third-order valence-electron chi connectivity index (χ3n) is 4.98. The molecular formula is C17H23NO3. The van der Waals surface area contributed by atoms with Crippen molar-refractivity contribution in [2.45, 2.75) is 43.7 Å². The number of aliphatic hydroxyl groups is 1. The van der Waals surface area contributed by atoms with Crippen LogP contribution in [0.15, 0.2) is 18.2 Å². The predicted molar refractivity (Wildman–Crippen MR) is 80.5 cm³/mol. The fraction of sp³-hybridized carbons (Fsp3) is 0.588. The third-order valence-corrected chi connectivity index (χ3v) is 4.98. The summed E-state index contributed by atoms with van der Waals surface area (Å²) >= 11 is 0. The van der Waals surface area contributed by atoms with Gasteiger partial charge in [0.25, 0.3) is 0 Å². The number of ether oxygens (including phenoxy) is 1. The first-order valence-electron chi connectivity index (χ1n) is 7.61. The number of rotatable bonds is 2. The van der Waals surface area contributed by atoms with Crippen molar-refractivity contribution < 1.29 is 14.6 Å². The van der Waals surface area contributed by atoms with Gasteiger partial charge in [-0.25, -0.2) is 0 Å². The molecule has 1 saturated carbocycles. The number of nitrogens with zero attached hydrogens (tertiary/aromatic N) is 1. The molecule has 21 heavy (non-hydrogen) atoms. The van der Waals surface area contributed by atoms with E-state index in [9.17, 15) is 9.90 Å². The highest BCUT2D eigenvalue weighted by Crippen LogP contribution is 2.43. The van der Waals surface area contributed by atoms with Crippen molar-refractivity contribution >= 4 is 5.78 Å². The number of Topliss-reactive ketones (excluding diaryl/α,β-unsaturated/α-hetero) is 1. The maximum absolute atomic E-state index is 11.5. The lowest BCUT2D eigenvalue weighted by Crippen LogP contribution is -2.47. The minimum atomic E-state index is -0.758. The predicted octanol–water partition coefficient (Wildman–Crippen LogP) is 2.10. The van der Waals surface area contributed by atoms with Gasteiger partial charge in [-0.15, -0.1) is 0 Å². The van der Waals surface area contributed by atoms with Crippen LogP contribution in [-0.4, -0.2) is 42.1 Å². The quantitative estimate of drug-likeness (QED) is 0.906. The van der Waals surface area contributed by atoms with E-state index in [-0.39, 0.29) is 11.7 Å². The molecule has 0 saturated heterocycles. The minimum Gasteiger partial charge on any atom is -0.497 e. The Bertz CT molecular complexity index is 545. The van der Waals surface area contributed by atoms with Gasteiger partial charge in [-0.2, -0.15) is 0 Å². The van der Waals surface area contributed by atoms with Crippen molar-refractivity contribution in [3.05, 3.63) is 29.3 Å². The van der Waals surface area contributed by atoms with Gasteiger partial charge in [0, 0.05) is 31.8 Å². The molecule has 3 rings (SSSR count). The molecule has 1 aliphatic heterocycles. The van der Waals surface area contributed by atoms with Crippen molar-refractivity contribution in [2.24, 2.45) is 0 Å². The first kappa shape index (κ1) is 14.5. The molecule has 1 aliphatic carbocycles. The summed E-state index contributed by atoms with van der Waals surface area (Å²) in [5.41, 5.74) is 1.68. The van der Waals surface area contributed by atoms with E-state index >= 15 is 0 Å². The third kappa shape index (κ3) is 2.70. The Balaban J connectivity index is 1.95. The van der Waals surface area contributed by atoms with Crippen molar-refractivity contribution in [3.63, 3.8) is 0 Å². The summed E-state index contributed by atoms with van der Waals surface area (Å²) < 4.78 is 5.31. The molecule has 1 aromatic rings. The Morgan fingerprint density at radius 1 is 1.33 bits per heavy atom. The Morgan fingerprint density at radius 3 is 2.71 bits per heavy atom. The van der Waals surface area contributed by atoms with E-state index in [4.69, 9.17) is 4.74 Å². The van der Waals surface area contributed by atoms with Crippen LogP contribution in [0.2, 0.25) is 0 Å². The Labute approximate surface area is 125 Å². The molecule has 114 valence electrons. The number of carbonyl (C=O) groups excluding carboxylic acids is 1. The molecule has 4 heteroatoms. The minimum absolute atomic E-state index is 0.0743. The summed E-state index contributed by atoms with van der Waals surface area (Å²) in [5.74, 6) is 1.21. The molecule has 1 aromatic carbocycles. The number of carbonyl (C=O) groups is 1. The van der Waals surface area contributed by atoms with E-state index in [1.54, 1.807) is 7.11 Å². The highest BCUT2D eigenvalue weighted by atomic mass is 16.5. The number of ketones is 1. The van der Waals surface area contributed by atoms with E-state index in [2.05, 4.69) is 24.1 Å². The molecule has 1 atom stereocenters. The normalized spacial score (nSPS) is 25.5.